The van der Waals surface area contributed by atoms with Gasteiger partial charge in [0.1, 0.15) is 0 Å². The topological polar surface area (TPSA) is 27.8 Å². The van der Waals surface area contributed by atoms with E-state index in [0.29, 0.717) is 6.04 Å². The molecule has 0 amide bonds. The summed E-state index contributed by atoms with van der Waals surface area (Å²) in [5.41, 5.74) is 4.01. The number of aromatic amines is 1. The maximum atomic E-state index is 3.45. The van der Waals surface area contributed by atoms with Gasteiger partial charge < -0.3 is 10.3 Å². The third-order valence-corrected chi connectivity index (χ3v) is 3.38. The van der Waals surface area contributed by atoms with Gasteiger partial charge in [0.05, 0.1) is 0 Å². The molecule has 0 bridgehead atoms. The summed E-state index contributed by atoms with van der Waals surface area (Å²) in [6.07, 6.45) is 2.26. The lowest BCUT2D eigenvalue weighted by Gasteiger charge is -2.13. The summed E-state index contributed by atoms with van der Waals surface area (Å²) in [5.74, 6) is 0. The number of hydrogen-bond donors (Lipinski definition) is 2. The number of aromatic nitrogens is 1. The first-order chi connectivity index (χ1) is 7.76. The van der Waals surface area contributed by atoms with Crippen molar-refractivity contribution in [1.82, 2.24) is 10.3 Å². The van der Waals surface area contributed by atoms with Crippen LogP contribution in [0.5, 0.6) is 0 Å². The van der Waals surface area contributed by atoms with Gasteiger partial charge in [-0.15, -0.1) is 0 Å². The fourth-order valence-corrected chi connectivity index (χ4v) is 2.29. The summed E-state index contributed by atoms with van der Waals surface area (Å²) in [5, 5.41) is 4.74. The summed E-state index contributed by atoms with van der Waals surface area (Å²) in [6, 6.07) is 9.11. The van der Waals surface area contributed by atoms with Crippen molar-refractivity contribution in [3.05, 3.63) is 35.5 Å². The highest BCUT2D eigenvalue weighted by molar-refractivity contribution is 5.84. The molecule has 86 valence electrons. The SMILES string of the molecule is CC[C@@H](Cc1c(C)[nH]c2ccccc12)NC. The molecule has 1 heterocycles. The molecule has 2 aromatic rings. The van der Waals surface area contributed by atoms with E-state index in [2.05, 4.69) is 48.4 Å². The Kier molecular flexibility index (Phi) is 3.30. The van der Waals surface area contributed by atoms with Crippen LogP contribution >= 0.6 is 0 Å². The molecule has 0 spiro atoms. The second kappa shape index (κ2) is 4.71. The molecule has 0 aliphatic heterocycles. The predicted molar refractivity (Wildman–Crippen MR) is 69.9 cm³/mol. The highest BCUT2D eigenvalue weighted by Crippen LogP contribution is 2.23. The van der Waals surface area contributed by atoms with E-state index in [1.54, 1.807) is 0 Å². The summed E-state index contributed by atoms with van der Waals surface area (Å²) in [6.45, 7) is 4.39. The van der Waals surface area contributed by atoms with Gasteiger partial charge in [0, 0.05) is 22.6 Å². The van der Waals surface area contributed by atoms with E-state index in [1.165, 1.54) is 22.2 Å². The minimum atomic E-state index is 0.568. The molecule has 0 aliphatic carbocycles. The number of fused-ring (bicyclic) bond motifs is 1. The first kappa shape index (κ1) is 11.2. The maximum absolute atomic E-state index is 3.45. The average molecular weight is 216 g/mol. The zero-order valence-electron chi connectivity index (χ0n) is 10.3. The third-order valence-electron chi connectivity index (χ3n) is 3.38. The Morgan fingerprint density at radius 2 is 2.06 bits per heavy atom. The van der Waals surface area contributed by atoms with Crippen LogP contribution in [-0.2, 0) is 6.42 Å². The number of likely N-dealkylation sites (N-methyl/N-ethyl adjacent to an activating group) is 1. The number of aryl methyl sites for hydroxylation is 1. The minimum absolute atomic E-state index is 0.568. The van der Waals surface area contributed by atoms with Crippen LogP contribution in [0.2, 0.25) is 0 Å². The van der Waals surface area contributed by atoms with E-state index in [4.69, 9.17) is 0 Å². The van der Waals surface area contributed by atoms with Gasteiger partial charge in [0.15, 0.2) is 0 Å². The quantitative estimate of drug-likeness (QED) is 0.808. The van der Waals surface area contributed by atoms with Crippen molar-refractivity contribution in [2.45, 2.75) is 32.7 Å². The van der Waals surface area contributed by atoms with Crippen molar-refractivity contribution in [1.29, 1.82) is 0 Å². The van der Waals surface area contributed by atoms with Crippen LogP contribution in [-0.4, -0.2) is 18.1 Å². The Morgan fingerprint density at radius 3 is 2.75 bits per heavy atom. The molecule has 2 N–H and O–H groups in total. The van der Waals surface area contributed by atoms with Crippen molar-refractivity contribution in [2.24, 2.45) is 0 Å². The third kappa shape index (κ3) is 1.98. The molecule has 0 saturated heterocycles. The van der Waals surface area contributed by atoms with Gasteiger partial charge in [-0.3, -0.25) is 0 Å². The minimum Gasteiger partial charge on any atom is -0.358 e. The normalized spacial score (nSPS) is 13.2. The highest BCUT2D eigenvalue weighted by Gasteiger charge is 2.11. The van der Waals surface area contributed by atoms with Crippen LogP contribution in [0.25, 0.3) is 10.9 Å². The fourth-order valence-electron chi connectivity index (χ4n) is 2.29. The zero-order valence-corrected chi connectivity index (χ0v) is 10.3. The molecule has 0 aliphatic rings. The summed E-state index contributed by atoms with van der Waals surface area (Å²) in [4.78, 5) is 3.45. The Balaban J connectivity index is 2.39. The molecule has 2 nitrogen and oxygen atoms in total. The molecular weight excluding hydrogens is 196 g/mol. The van der Waals surface area contributed by atoms with E-state index < -0.39 is 0 Å². The zero-order chi connectivity index (χ0) is 11.5. The lowest BCUT2D eigenvalue weighted by atomic mass is 10.0. The number of benzene rings is 1. The van der Waals surface area contributed by atoms with Crippen LogP contribution in [0, 0.1) is 6.92 Å². The van der Waals surface area contributed by atoms with Crippen molar-refractivity contribution < 1.29 is 0 Å². The maximum Gasteiger partial charge on any atom is 0.0458 e. The van der Waals surface area contributed by atoms with E-state index >= 15 is 0 Å². The Morgan fingerprint density at radius 1 is 1.31 bits per heavy atom. The lowest BCUT2D eigenvalue weighted by Crippen LogP contribution is -2.26. The second-order valence-electron chi connectivity index (χ2n) is 4.37. The van der Waals surface area contributed by atoms with E-state index in [1.807, 2.05) is 7.05 Å². The number of H-pyrrole nitrogens is 1. The largest absolute Gasteiger partial charge is 0.358 e. The van der Waals surface area contributed by atoms with Crippen LogP contribution in [0.1, 0.15) is 24.6 Å². The van der Waals surface area contributed by atoms with Gasteiger partial charge in [0.25, 0.3) is 0 Å². The number of nitrogens with one attached hydrogen (secondary N) is 2. The number of hydrogen-bond acceptors (Lipinski definition) is 1. The van der Waals surface area contributed by atoms with Crippen LogP contribution in [0.4, 0.5) is 0 Å². The van der Waals surface area contributed by atoms with Crippen LogP contribution in [0.15, 0.2) is 24.3 Å². The number of para-hydroxylation sites is 1. The van der Waals surface area contributed by atoms with Gasteiger partial charge in [-0.2, -0.15) is 0 Å². The van der Waals surface area contributed by atoms with E-state index in [9.17, 15) is 0 Å². The molecule has 1 aromatic heterocycles. The van der Waals surface area contributed by atoms with Crippen molar-refractivity contribution in [3.8, 4) is 0 Å². The summed E-state index contributed by atoms with van der Waals surface area (Å²) >= 11 is 0. The summed E-state index contributed by atoms with van der Waals surface area (Å²) < 4.78 is 0. The second-order valence-corrected chi connectivity index (χ2v) is 4.37. The van der Waals surface area contributed by atoms with Gasteiger partial charge in [0.2, 0.25) is 0 Å². The molecule has 1 atom stereocenters. The van der Waals surface area contributed by atoms with E-state index in [0.717, 1.165) is 12.8 Å². The number of rotatable bonds is 4. The lowest BCUT2D eigenvalue weighted by molar-refractivity contribution is 0.543. The van der Waals surface area contributed by atoms with Crippen molar-refractivity contribution in [2.75, 3.05) is 7.05 Å². The van der Waals surface area contributed by atoms with Gasteiger partial charge in [-0.05, 0) is 38.4 Å². The molecule has 0 fully saturated rings. The van der Waals surface area contributed by atoms with Gasteiger partial charge in [-0.25, -0.2) is 0 Å². The first-order valence-corrected chi connectivity index (χ1v) is 5.99. The van der Waals surface area contributed by atoms with Crippen LogP contribution < -0.4 is 5.32 Å². The fraction of sp³-hybridized carbons (Fsp3) is 0.429. The molecule has 0 radical (unpaired) electrons. The first-order valence-electron chi connectivity index (χ1n) is 5.99. The molecule has 0 saturated carbocycles. The monoisotopic (exact) mass is 216 g/mol. The molecule has 1 aromatic carbocycles. The smallest absolute Gasteiger partial charge is 0.0458 e. The molecule has 16 heavy (non-hydrogen) atoms. The molecule has 0 unspecified atom stereocenters. The standard InChI is InChI=1S/C14H20N2/c1-4-11(15-3)9-13-10(2)16-14-8-6-5-7-12(13)14/h5-8,11,15-16H,4,9H2,1-3H3/t11-/m0/s1. The highest BCUT2D eigenvalue weighted by atomic mass is 14.9. The molecule has 2 rings (SSSR count). The van der Waals surface area contributed by atoms with Crippen LogP contribution in [0.3, 0.4) is 0 Å². The van der Waals surface area contributed by atoms with Gasteiger partial charge in [-0.1, -0.05) is 25.1 Å². The average Bonchev–Trinajstić information content (AvgIpc) is 2.62. The Hall–Kier alpha value is -1.28. The van der Waals surface area contributed by atoms with E-state index in [-0.39, 0.29) is 0 Å². The molecule has 2 heteroatoms. The Labute approximate surface area is 97.1 Å². The van der Waals surface area contributed by atoms with Gasteiger partial charge >= 0.3 is 0 Å². The summed E-state index contributed by atoms with van der Waals surface area (Å²) in [7, 11) is 2.04. The van der Waals surface area contributed by atoms with Crippen molar-refractivity contribution in [3.63, 3.8) is 0 Å². The predicted octanol–water partition coefficient (Wildman–Crippen LogP) is 3.02. The molecular formula is C14H20N2. The van der Waals surface area contributed by atoms with Crippen molar-refractivity contribution >= 4 is 10.9 Å². The Bertz CT molecular complexity index is 467.